The summed E-state index contributed by atoms with van der Waals surface area (Å²) in [6.07, 6.45) is 7.14. The Hall–Kier alpha value is -3.66. The van der Waals surface area contributed by atoms with E-state index in [2.05, 4.69) is 22.3 Å². The molecular weight excluding hydrogens is 452 g/mol. The maximum absolute atomic E-state index is 12.7. The molecule has 1 aromatic heterocycles. The molecule has 9 nitrogen and oxygen atoms in total. The van der Waals surface area contributed by atoms with Crippen molar-refractivity contribution < 1.29 is 14.4 Å². The van der Waals surface area contributed by atoms with E-state index < -0.39 is 0 Å². The summed E-state index contributed by atoms with van der Waals surface area (Å²) in [5.74, 6) is 4.77. The molecule has 0 spiro atoms. The van der Waals surface area contributed by atoms with Gasteiger partial charge in [-0.25, -0.2) is 0 Å². The van der Waals surface area contributed by atoms with Crippen molar-refractivity contribution in [1.29, 1.82) is 0 Å². The second-order valence-corrected chi connectivity index (χ2v) is 8.76. The Kier molecular flexibility index (Phi) is 8.80. The zero-order valence-corrected chi connectivity index (χ0v) is 19.8. The largest absolute Gasteiger partial charge is 0.382 e. The molecule has 0 radical (unpaired) electrons. The maximum atomic E-state index is 12.7. The smallest absolute Gasteiger partial charge is 0.293 e. The number of benzene rings is 1. The van der Waals surface area contributed by atoms with E-state index in [0.717, 1.165) is 36.6 Å². The van der Waals surface area contributed by atoms with Crippen LogP contribution >= 0.6 is 11.8 Å². The van der Waals surface area contributed by atoms with Crippen LogP contribution < -0.4 is 16.9 Å². The van der Waals surface area contributed by atoms with Gasteiger partial charge in [0.25, 0.3) is 11.1 Å². The third-order valence-electron chi connectivity index (χ3n) is 5.21. The lowest BCUT2D eigenvalue weighted by Gasteiger charge is -2.12. The van der Waals surface area contributed by atoms with Gasteiger partial charge in [0, 0.05) is 30.4 Å². The van der Waals surface area contributed by atoms with Crippen LogP contribution in [0.1, 0.15) is 49.4 Å². The summed E-state index contributed by atoms with van der Waals surface area (Å²) in [7, 11) is 0. The lowest BCUT2D eigenvalue weighted by atomic mass is 10.1. The van der Waals surface area contributed by atoms with Gasteiger partial charge in [-0.05, 0) is 73.0 Å². The number of unbranched alkanes of at least 4 members (excludes halogenated alkanes) is 1. The Bertz CT molecular complexity index is 1100. The standard InChI is InChI=1S/C24H28N6O3S/c1-2-3-5-16-7-10-19(27-15-16)14-20-23(32)30(24(33)34-20)13-4-6-21(31)28-18-11-8-17(9-12-18)22(25)29-26/h7-12,14-15H,2-6,13,26H2,1H3,(H2,25,29)(H,28,31)/b20-14-. The first kappa shape index (κ1) is 25.0. The molecule has 0 aliphatic carbocycles. The number of carbonyl (C=O) groups is 3. The fourth-order valence-corrected chi connectivity index (χ4v) is 4.15. The number of nitrogens with one attached hydrogen (secondary N) is 1. The Morgan fingerprint density at radius 2 is 1.94 bits per heavy atom. The van der Waals surface area contributed by atoms with Crippen LogP contribution in [0, 0.1) is 0 Å². The van der Waals surface area contributed by atoms with Crippen molar-refractivity contribution in [2.45, 2.75) is 39.0 Å². The molecule has 1 aliphatic rings. The number of aromatic nitrogens is 1. The van der Waals surface area contributed by atoms with Gasteiger partial charge < -0.3 is 16.9 Å². The number of carbonyl (C=O) groups excluding carboxylic acids is 3. The van der Waals surface area contributed by atoms with Crippen molar-refractivity contribution in [3.8, 4) is 0 Å². The quantitative estimate of drug-likeness (QED) is 0.155. The number of nitrogens with two attached hydrogens (primary N) is 2. The molecule has 2 aromatic rings. The van der Waals surface area contributed by atoms with E-state index in [9.17, 15) is 14.4 Å². The molecule has 178 valence electrons. The number of hydrazone groups is 1. The number of amides is 3. The highest BCUT2D eigenvalue weighted by Crippen LogP contribution is 2.32. The number of rotatable bonds is 10. The van der Waals surface area contributed by atoms with Crippen LogP contribution in [0.15, 0.2) is 52.6 Å². The maximum Gasteiger partial charge on any atom is 0.293 e. The molecule has 5 N–H and O–H groups in total. The van der Waals surface area contributed by atoms with Crippen molar-refractivity contribution in [3.63, 3.8) is 0 Å². The SMILES string of the molecule is CCCCc1ccc(/C=C2\SC(=O)N(CCCC(=O)Nc3ccc(/C(N)=N/N)cc3)C2=O)nc1. The van der Waals surface area contributed by atoms with Crippen molar-refractivity contribution >= 4 is 46.4 Å². The highest BCUT2D eigenvalue weighted by atomic mass is 32.2. The summed E-state index contributed by atoms with van der Waals surface area (Å²) >= 11 is 0.891. The fourth-order valence-electron chi connectivity index (χ4n) is 3.30. The van der Waals surface area contributed by atoms with Crippen LogP contribution in [0.5, 0.6) is 0 Å². The number of hydrogen-bond acceptors (Lipinski definition) is 7. The number of hydrogen-bond donors (Lipinski definition) is 3. The molecule has 3 amide bonds. The minimum atomic E-state index is -0.359. The summed E-state index contributed by atoms with van der Waals surface area (Å²) < 4.78 is 0. The van der Waals surface area contributed by atoms with E-state index in [4.69, 9.17) is 11.6 Å². The Labute approximate surface area is 202 Å². The number of anilines is 1. The van der Waals surface area contributed by atoms with Crippen LogP contribution in [-0.2, 0) is 16.0 Å². The molecule has 10 heteroatoms. The van der Waals surface area contributed by atoms with Crippen LogP contribution in [0.25, 0.3) is 6.08 Å². The zero-order valence-electron chi connectivity index (χ0n) is 19.0. The minimum absolute atomic E-state index is 0.162. The Morgan fingerprint density at radius 1 is 1.18 bits per heavy atom. The summed E-state index contributed by atoms with van der Waals surface area (Å²) in [4.78, 5) is 43.1. The third kappa shape index (κ3) is 6.67. The minimum Gasteiger partial charge on any atom is -0.382 e. The monoisotopic (exact) mass is 480 g/mol. The number of imide groups is 1. The molecule has 0 bridgehead atoms. The highest BCUT2D eigenvalue weighted by Gasteiger charge is 2.34. The van der Waals surface area contributed by atoms with Crippen LogP contribution in [0.3, 0.4) is 0 Å². The van der Waals surface area contributed by atoms with Gasteiger partial charge in [0.15, 0.2) is 0 Å². The lowest BCUT2D eigenvalue weighted by molar-refractivity contribution is -0.123. The summed E-state index contributed by atoms with van der Waals surface area (Å²) in [6, 6.07) is 10.6. The topological polar surface area (TPSA) is 144 Å². The van der Waals surface area contributed by atoms with Gasteiger partial charge >= 0.3 is 0 Å². The molecule has 1 aromatic carbocycles. The van der Waals surface area contributed by atoms with Crippen LogP contribution in [0.2, 0.25) is 0 Å². The number of nitrogens with zero attached hydrogens (tertiary/aromatic N) is 3. The number of thioether (sulfide) groups is 1. The van der Waals surface area contributed by atoms with E-state index in [0.29, 0.717) is 28.3 Å². The normalized spacial score (nSPS) is 15.3. The van der Waals surface area contributed by atoms with Gasteiger partial charge in [-0.3, -0.25) is 24.3 Å². The van der Waals surface area contributed by atoms with E-state index in [1.807, 2.05) is 12.1 Å². The van der Waals surface area contributed by atoms with Crippen molar-refractivity contribution in [2.75, 3.05) is 11.9 Å². The summed E-state index contributed by atoms with van der Waals surface area (Å²) in [5.41, 5.74) is 8.67. The Morgan fingerprint density at radius 3 is 2.59 bits per heavy atom. The Balaban J connectivity index is 1.49. The van der Waals surface area contributed by atoms with Gasteiger partial charge in [0.05, 0.1) is 10.6 Å². The zero-order chi connectivity index (χ0) is 24.5. The number of aryl methyl sites for hydroxylation is 1. The number of pyridine rings is 1. The van der Waals surface area contributed by atoms with Gasteiger partial charge in [-0.1, -0.05) is 19.4 Å². The summed E-state index contributed by atoms with van der Waals surface area (Å²) in [5, 5.41) is 5.85. The first-order valence-electron chi connectivity index (χ1n) is 11.0. The number of amidine groups is 1. The molecule has 1 fully saturated rings. The van der Waals surface area contributed by atoms with Gasteiger partial charge in [0.1, 0.15) is 5.84 Å². The predicted molar refractivity (Wildman–Crippen MR) is 135 cm³/mol. The molecule has 1 aliphatic heterocycles. The average Bonchev–Trinajstić information content (AvgIpc) is 3.10. The van der Waals surface area contributed by atoms with Crippen LogP contribution in [0.4, 0.5) is 10.5 Å². The molecule has 0 unspecified atom stereocenters. The predicted octanol–water partition coefficient (Wildman–Crippen LogP) is 3.46. The van der Waals surface area contributed by atoms with Crippen molar-refractivity contribution in [1.82, 2.24) is 9.88 Å². The first-order valence-corrected chi connectivity index (χ1v) is 11.9. The fraction of sp³-hybridized carbons (Fsp3) is 0.292. The van der Waals surface area contributed by atoms with Gasteiger partial charge in [0.2, 0.25) is 5.91 Å². The van der Waals surface area contributed by atoms with Crippen LogP contribution in [-0.4, -0.2) is 39.3 Å². The molecule has 34 heavy (non-hydrogen) atoms. The van der Waals surface area contributed by atoms with E-state index in [1.54, 1.807) is 36.5 Å². The second kappa shape index (κ2) is 12.0. The molecule has 0 atom stereocenters. The molecular formula is C24H28N6O3S. The molecule has 3 rings (SSSR count). The van der Waals surface area contributed by atoms with E-state index in [-0.39, 0.29) is 35.9 Å². The molecule has 2 heterocycles. The first-order chi connectivity index (χ1) is 16.4. The third-order valence-corrected chi connectivity index (χ3v) is 6.12. The molecule has 0 saturated carbocycles. The van der Waals surface area contributed by atoms with Crippen molar-refractivity contribution in [3.05, 3.63) is 64.3 Å². The van der Waals surface area contributed by atoms with Crippen molar-refractivity contribution in [2.24, 2.45) is 16.7 Å². The van der Waals surface area contributed by atoms with E-state index >= 15 is 0 Å². The van der Waals surface area contributed by atoms with E-state index in [1.165, 1.54) is 4.90 Å². The molecule has 1 saturated heterocycles. The highest BCUT2D eigenvalue weighted by molar-refractivity contribution is 8.18. The average molecular weight is 481 g/mol. The summed E-state index contributed by atoms with van der Waals surface area (Å²) in [6.45, 7) is 2.31. The van der Waals surface area contributed by atoms with Gasteiger partial charge in [-0.15, -0.1) is 0 Å². The van der Waals surface area contributed by atoms with Gasteiger partial charge in [-0.2, -0.15) is 5.10 Å². The lowest BCUT2D eigenvalue weighted by Crippen LogP contribution is -2.29. The second-order valence-electron chi connectivity index (χ2n) is 7.77.